The molecule has 9 unspecified atom stereocenters. The second-order valence-electron chi connectivity index (χ2n) is 12.9. The van der Waals surface area contributed by atoms with Gasteiger partial charge in [0.2, 0.25) is 0 Å². The molecule has 0 aliphatic heterocycles. The van der Waals surface area contributed by atoms with Crippen molar-refractivity contribution in [1.82, 2.24) is 0 Å². The minimum Gasteiger partial charge on any atom is -0.393 e. The Hall–Kier alpha value is -0.300. The summed E-state index contributed by atoms with van der Waals surface area (Å²) in [6, 6.07) is 0. The molecule has 0 aromatic carbocycles. The Kier molecular flexibility index (Phi) is 6.53. The predicted octanol–water partition coefficient (Wildman–Crippen LogP) is 7.88. The zero-order chi connectivity index (χ0) is 21.7. The van der Waals surface area contributed by atoms with Crippen molar-refractivity contribution in [2.45, 2.75) is 112 Å². The van der Waals surface area contributed by atoms with Crippen molar-refractivity contribution in [3.63, 3.8) is 0 Å². The molecule has 1 nitrogen and oxygen atoms in total. The highest BCUT2D eigenvalue weighted by Crippen LogP contribution is 2.68. The van der Waals surface area contributed by atoms with Crippen LogP contribution in [0.3, 0.4) is 0 Å². The summed E-state index contributed by atoms with van der Waals surface area (Å²) in [7, 11) is 0. The largest absolute Gasteiger partial charge is 0.393 e. The highest BCUT2D eigenvalue weighted by molar-refractivity contribution is 5.11. The molecule has 1 heteroatoms. The van der Waals surface area contributed by atoms with Crippen LogP contribution in [0.25, 0.3) is 0 Å². The predicted molar refractivity (Wildman–Crippen MR) is 128 cm³/mol. The normalized spacial score (nSPS) is 48.3. The van der Waals surface area contributed by atoms with E-state index >= 15 is 0 Å². The van der Waals surface area contributed by atoms with E-state index in [9.17, 15) is 5.11 Å². The molecule has 4 fully saturated rings. The van der Waals surface area contributed by atoms with Crippen LogP contribution in [-0.2, 0) is 0 Å². The first-order valence-electron chi connectivity index (χ1n) is 13.6. The molecule has 4 aliphatic rings. The molecule has 30 heavy (non-hydrogen) atoms. The molecule has 0 heterocycles. The third-order valence-electron chi connectivity index (χ3n) is 11.3. The van der Waals surface area contributed by atoms with Crippen molar-refractivity contribution in [2.75, 3.05) is 0 Å². The first kappa shape index (κ1) is 22.9. The van der Waals surface area contributed by atoms with Gasteiger partial charge in [0.1, 0.15) is 0 Å². The molecule has 4 rings (SSSR count). The van der Waals surface area contributed by atoms with E-state index in [2.05, 4.69) is 53.7 Å². The van der Waals surface area contributed by atoms with Gasteiger partial charge in [-0.2, -0.15) is 0 Å². The van der Waals surface area contributed by atoms with Crippen LogP contribution < -0.4 is 0 Å². The lowest BCUT2D eigenvalue weighted by atomic mass is 9.44. The van der Waals surface area contributed by atoms with Crippen LogP contribution in [0, 0.1) is 58.2 Å². The van der Waals surface area contributed by atoms with Crippen LogP contribution >= 0.6 is 0 Å². The lowest BCUT2D eigenvalue weighted by Gasteiger charge is -2.61. The minimum absolute atomic E-state index is 0.0187. The van der Waals surface area contributed by atoms with Gasteiger partial charge in [-0.3, -0.25) is 0 Å². The molecule has 0 amide bonds. The summed E-state index contributed by atoms with van der Waals surface area (Å²) in [6.45, 7) is 14.9. The summed E-state index contributed by atoms with van der Waals surface area (Å²) in [4.78, 5) is 0. The number of hydrogen-bond acceptors (Lipinski definition) is 1. The van der Waals surface area contributed by atoms with Crippen molar-refractivity contribution >= 4 is 0 Å². The van der Waals surface area contributed by atoms with E-state index in [1.807, 2.05) is 0 Å². The Morgan fingerprint density at radius 1 is 0.867 bits per heavy atom. The van der Waals surface area contributed by atoms with Crippen molar-refractivity contribution < 1.29 is 5.11 Å². The lowest BCUT2D eigenvalue weighted by Crippen LogP contribution is -2.54. The molecule has 4 aliphatic carbocycles. The SMILES string of the molecule is CCC(/C=C/C(C)C1CCC2C3CCC4C[C@H](O)CCC4(C)C3CCC12C)C(C)C. The molecule has 0 radical (unpaired) electrons. The number of fused-ring (bicyclic) bond motifs is 5. The third kappa shape index (κ3) is 3.74. The van der Waals surface area contributed by atoms with E-state index in [0.29, 0.717) is 10.8 Å². The molecule has 172 valence electrons. The van der Waals surface area contributed by atoms with Crippen LogP contribution in [0.4, 0.5) is 0 Å². The number of aliphatic hydroxyl groups excluding tert-OH is 1. The fourth-order valence-electron chi connectivity index (χ4n) is 9.42. The Balaban J connectivity index is 1.49. The molecule has 10 atom stereocenters. The van der Waals surface area contributed by atoms with Crippen LogP contribution in [0.1, 0.15) is 106 Å². The zero-order valence-electron chi connectivity index (χ0n) is 20.9. The Morgan fingerprint density at radius 2 is 1.57 bits per heavy atom. The van der Waals surface area contributed by atoms with Crippen LogP contribution in [0.15, 0.2) is 12.2 Å². The summed E-state index contributed by atoms with van der Waals surface area (Å²) in [5.74, 6) is 6.72. The third-order valence-corrected chi connectivity index (χ3v) is 11.3. The van der Waals surface area contributed by atoms with Gasteiger partial charge in [-0.25, -0.2) is 0 Å². The highest BCUT2D eigenvalue weighted by Gasteiger charge is 2.60. The van der Waals surface area contributed by atoms with E-state index in [-0.39, 0.29) is 6.10 Å². The number of rotatable bonds is 5. The van der Waals surface area contributed by atoms with Gasteiger partial charge in [-0.05, 0) is 122 Å². The van der Waals surface area contributed by atoms with Gasteiger partial charge in [-0.15, -0.1) is 0 Å². The second kappa shape index (κ2) is 8.57. The summed E-state index contributed by atoms with van der Waals surface area (Å²) in [6.07, 6.45) is 18.5. The number of aliphatic hydroxyl groups is 1. The molecular weight excluding hydrogens is 364 g/mol. The highest BCUT2D eigenvalue weighted by atomic mass is 16.3. The molecular formula is C29H50O. The number of hydrogen-bond donors (Lipinski definition) is 1. The summed E-state index contributed by atoms with van der Waals surface area (Å²) in [5, 5.41) is 10.3. The van der Waals surface area contributed by atoms with Crippen LogP contribution in [-0.4, -0.2) is 11.2 Å². The van der Waals surface area contributed by atoms with Gasteiger partial charge in [0.05, 0.1) is 6.10 Å². The van der Waals surface area contributed by atoms with Gasteiger partial charge < -0.3 is 5.11 Å². The van der Waals surface area contributed by atoms with E-state index in [1.165, 1.54) is 51.4 Å². The van der Waals surface area contributed by atoms with Crippen LogP contribution in [0.2, 0.25) is 0 Å². The van der Waals surface area contributed by atoms with Gasteiger partial charge in [0.15, 0.2) is 0 Å². The number of allylic oxidation sites excluding steroid dienone is 2. The quantitative estimate of drug-likeness (QED) is 0.454. The minimum atomic E-state index is -0.0187. The van der Waals surface area contributed by atoms with Crippen LogP contribution in [0.5, 0.6) is 0 Å². The van der Waals surface area contributed by atoms with Crippen molar-refractivity contribution in [3.05, 3.63) is 12.2 Å². The van der Waals surface area contributed by atoms with E-state index in [4.69, 9.17) is 0 Å². The average Bonchev–Trinajstić information content (AvgIpc) is 3.06. The van der Waals surface area contributed by atoms with Crippen molar-refractivity contribution in [2.24, 2.45) is 58.2 Å². The fraction of sp³-hybridized carbons (Fsp3) is 0.931. The first-order valence-corrected chi connectivity index (χ1v) is 13.6. The second-order valence-corrected chi connectivity index (χ2v) is 12.9. The summed E-state index contributed by atoms with van der Waals surface area (Å²) >= 11 is 0. The van der Waals surface area contributed by atoms with E-state index < -0.39 is 0 Å². The summed E-state index contributed by atoms with van der Waals surface area (Å²) < 4.78 is 0. The Labute approximate surface area is 187 Å². The monoisotopic (exact) mass is 414 g/mol. The van der Waals surface area contributed by atoms with Gasteiger partial charge >= 0.3 is 0 Å². The van der Waals surface area contributed by atoms with Crippen molar-refractivity contribution in [3.8, 4) is 0 Å². The molecule has 0 aromatic heterocycles. The molecule has 0 bridgehead atoms. The molecule has 0 spiro atoms. The molecule has 0 saturated heterocycles. The molecule has 4 saturated carbocycles. The maximum absolute atomic E-state index is 10.3. The molecule has 0 aromatic rings. The first-order chi connectivity index (χ1) is 14.2. The van der Waals surface area contributed by atoms with E-state index in [0.717, 1.165) is 60.2 Å². The van der Waals surface area contributed by atoms with Crippen molar-refractivity contribution in [1.29, 1.82) is 0 Å². The smallest absolute Gasteiger partial charge is 0.0543 e. The molecule has 1 N–H and O–H groups in total. The van der Waals surface area contributed by atoms with Gasteiger partial charge in [0.25, 0.3) is 0 Å². The van der Waals surface area contributed by atoms with Gasteiger partial charge in [-0.1, -0.05) is 53.7 Å². The fourth-order valence-corrected chi connectivity index (χ4v) is 9.42. The maximum Gasteiger partial charge on any atom is 0.0543 e. The maximum atomic E-state index is 10.3. The average molecular weight is 415 g/mol. The van der Waals surface area contributed by atoms with Gasteiger partial charge in [0, 0.05) is 0 Å². The Morgan fingerprint density at radius 3 is 2.27 bits per heavy atom. The van der Waals surface area contributed by atoms with E-state index in [1.54, 1.807) is 0 Å². The standard InChI is InChI=1S/C29H50O/c1-7-21(19(2)3)9-8-20(4)25-12-13-26-24-11-10-22-18-23(30)14-16-28(22,5)27(24)15-17-29(25,26)6/h8-9,19-27,30H,7,10-18H2,1-6H3/b9-8+/t20?,21?,22?,23-,24?,25?,26?,27?,28?,29?/m1/s1. The Bertz CT molecular complexity index is 622. The summed E-state index contributed by atoms with van der Waals surface area (Å²) in [5.41, 5.74) is 1.07. The lowest BCUT2D eigenvalue weighted by molar-refractivity contribution is -0.128. The topological polar surface area (TPSA) is 20.2 Å². The zero-order valence-corrected chi connectivity index (χ0v) is 20.9.